The maximum Gasteiger partial charge on any atom is 0.230 e. The van der Waals surface area contributed by atoms with Crippen LogP contribution >= 0.6 is 23.1 Å². The van der Waals surface area contributed by atoms with Crippen LogP contribution < -0.4 is 5.32 Å². The molecule has 0 aliphatic carbocycles. The van der Waals surface area contributed by atoms with Crippen molar-refractivity contribution in [1.29, 1.82) is 0 Å². The summed E-state index contributed by atoms with van der Waals surface area (Å²) < 4.78 is 4.92. The van der Waals surface area contributed by atoms with Crippen LogP contribution in [0.15, 0.2) is 17.5 Å². The average Bonchev–Trinajstić information content (AvgIpc) is 2.85. The van der Waals surface area contributed by atoms with E-state index in [-0.39, 0.29) is 5.91 Å². The highest BCUT2D eigenvalue weighted by Gasteiger charge is 2.09. The molecule has 0 bridgehead atoms. The first kappa shape index (κ1) is 14.5. The van der Waals surface area contributed by atoms with Crippen LogP contribution in [0.25, 0.3) is 0 Å². The first-order valence-electron chi connectivity index (χ1n) is 5.64. The van der Waals surface area contributed by atoms with Crippen molar-refractivity contribution in [3.8, 4) is 0 Å². The highest BCUT2D eigenvalue weighted by Crippen LogP contribution is 2.30. The number of carbonyl (C=O) groups excluding carboxylic acids is 1. The molecular formula is C12H19NO2S2. The van der Waals surface area contributed by atoms with Crippen LogP contribution in [0.1, 0.15) is 23.5 Å². The van der Waals surface area contributed by atoms with E-state index >= 15 is 0 Å². The summed E-state index contributed by atoms with van der Waals surface area (Å²) in [4.78, 5) is 12.8. The number of thiophene rings is 1. The van der Waals surface area contributed by atoms with Crippen LogP contribution in [0.3, 0.4) is 0 Å². The van der Waals surface area contributed by atoms with Crippen LogP contribution in [0.2, 0.25) is 0 Å². The van der Waals surface area contributed by atoms with Gasteiger partial charge < -0.3 is 10.1 Å². The average molecular weight is 273 g/mol. The summed E-state index contributed by atoms with van der Waals surface area (Å²) in [5.41, 5.74) is 0. The minimum atomic E-state index is 0.106. The Morgan fingerprint density at radius 2 is 2.47 bits per heavy atom. The van der Waals surface area contributed by atoms with Gasteiger partial charge in [0.2, 0.25) is 5.91 Å². The number of thioether (sulfide) groups is 1. The number of nitrogens with one attached hydrogen (secondary N) is 1. The Hall–Kier alpha value is -0.520. The van der Waals surface area contributed by atoms with Crippen molar-refractivity contribution >= 4 is 29.0 Å². The van der Waals surface area contributed by atoms with Crippen molar-refractivity contribution in [2.45, 2.75) is 18.6 Å². The molecular weight excluding hydrogens is 254 g/mol. The molecule has 3 nitrogen and oxygen atoms in total. The predicted molar refractivity (Wildman–Crippen MR) is 74.7 cm³/mol. The molecule has 1 aromatic rings. The van der Waals surface area contributed by atoms with E-state index in [1.165, 1.54) is 4.88 Å². The van der Waals surface area contributed by atoms with Crippen LogP contribution in [-0.2, 0) is 9.53 Å². The van der Waals surface area contributed by atoms with E-state index in [4.69, 9.17) is 4.74 Å². The summed E-state index contributed by atoms with van der Waals surface area (Å²) in [6, 6.07) is 4.15. The Labute approximate surface area is 111 Å². The van der Waals surface area contributed by atoms with Gasteiger partial charge in [0.25, 0.3) is 0 Å². The zero-order valence-corrected chi connectivity index (χ0v) is 11.9. The summed E-state index contributed by atoms with van der Waals surface area (Å²) in [6.07, 6.45) is 0.868. The fraction of sp³-hybridized carbons (Fsp3) is 0.583. The van der Waals surface area contributed by atoms with Crippen molar-refractivity contribution in [1.82, 2.24) is 5.32 Å². The molecule has 0 fully saturated rings. The lowest BCUT2D eigenvalue weighted by atomic mass is 10.4. The van der Waals surface area contributed by atoms with Crippen LogP contribution in [-0.4, -0.2) is 31.9 Å². The standard InChI is InChI=1S/C12H19NO2S2/c1-10(11-5-3-8-16-11)17-9-12(14)13-6-4-7-15-2/h3,5,8,10H,4,6-7,9H2,1-2H3,(H,13,14)/t10-/m0/s1. The monoisotopic (exact) mass is 273 g/mol. The minimum absolute atomic E-state index is 0.106. The number of rotatable bonds is 8. The van der Waals surface area contributed by atoms with E-state index in [0.29, 0.717) is 24.2 Å². The molecule has 0 aliphatic rings. The third kappa shape index (κ3) is 6.10. The molecule has 1 N–H and O–H groups in total. The molecule has 1 rings (SSSR count). The molecule has 0 saturated carbocycles. The van der Waals surface area contributed by atoms with Gasteiger partial charge in [0.05, 0.1) is 5.75 Å². The molecule has 1 amide bonds. The molecule has 96 valence electrons. The summed E-state index contributed by atoms with van der Waals surface area (Å²) in [5, 5.41) is 5.34. The number of methoxy groups -OCH3 is 1. The summed E-state index contributed by atoms with van der Waals surface area (Å²) in [7, 11) is 1.67. The van der Waals surface area contributed by atoms with Gasteiger partial charge >= 0.3 is 0 Å². The van der Waals surface area contributed by atoms with Gasteiger partial charge in [-0.25, -0.2) is 0 Å². The zero-order chi connectivity index (χ0) is 12.5. The Balaban J connectivity index is 2.11. The fourth-order valence-corrected chi connectivity index (χ4v) is 3.08. The maximum atomic E-state index is 11.5. The molecule has 0 aromatic carbocycles. The van der Waals surface area contributed by atoms with E-state index in [9.17, 15) is 4.79 Å². The van der Waals surface area contributed by atoms with E-state index < -0.39 is 0 Å². The quantitative estimate of drug-likeness (QED) is 0.740. The van der Waals surface area contributed by atoms with E-state index in [0.717, 1.165) is 6.42 Å². The smallest absolute Gasteiger partial charge is 0.230 e. The number of ether oxygens (including phenoxy) is 1. The molecule has 0 radical (unpaired) electrons. The normalized spacial score (nSPS) is 12.4. The van der Waals surface area contributed by atoms with Gasteiger partial charge in [-0.2, -0.15) is 0 Å². The second-order valence-electron chi connectivity index (χ2n) is 3.66. The van der Waals surface area contributed by atoms with Crippen LogP contribution in [0.4, 0.5) is 0 Å². The first-order chi connectivity index (χ1) is 8.24. The van der Waals surface area contributed by atoms with Gasteiger partial charge in [-0.15, -0.1) is 23.1 Å². The second kappa shape index (κ2) is 8.55. The maximum absolute atomic E-state index is 11.5. The van der Waals surface area contributed by atoms with Crippen molar-refractivity contribution in [3.63, 3.8) is 0 Å². The highest BCUT2D eigenvalue weighted by atomic mass is 32.2. The highest BCUT2D eigenvalue weighted by molar-refractivity contribution is 8.00. The van der Waals surface area contributed by atoms with Gasteiger partial charge in [-0.05, 0) is 24.8 Å². The van der Waals surface area contributed by atoms with Crippen LogP contribution in [0.5, 0.6) is 0 Å². The lowest BCUT2D eigenvalue weighted by Gasteiger charge is -2.09. The lowest BCUT2D eigenvalue weighted by molar-refractivity contribution is -0.118. The molecule has 1 heterocycles. The van der Waals surface area contributed by atoms with Gasteiger partial charge in [0, 0.05) is 30.4 Å². The molecule has 0 saturated heterocycles. The van der Waals surface area contributed by atoms with E-state index in [1.807, 2.05) is 6.07 Å². The Morgan fingerprint density at radius 3 is 3.12 bits per heavy atom. The van der Waals surface area contributed by atoms with Gasteiger partial charge in [-0.1, -0.05) is 6.07 Å². The largest absolute Gasteiger partial charge is 0.385 e. The van der Waals surface area contributed by atoms with Gasteiger partial charge in [0.1, 0.15) is 0 Å². The topological polar surface area (TPSA) is 38.3 Å². The van der Waals surface area contributed by atoms with Crippen molar-refractivity contribution in [3.05, 3.63) is 22.4 Å². The third-order valence-corrected chi connectivity index (χ3v) is 4.64. The Bertz CT molecular complexity index is 314. The number of hydrogen-bond acceptors (Lipinski definition) is 4. The molecule has 0 spiro atoms. The fourth-order valence-electron chi connectivity index (χ4n) is 1.30. The van der Waals surface area contributed by atoms with Crippen molar-refractivity contribution in [2.75, 3.05) is 26.0 Å². The number of carbonyl (C=O) groups is 1. The third-order valence-electron chi connectivity index (χ3n) is 2.26. The molecule has 17 heavy (non-hydrogen) atoms. The minimum Gasteiger partial charge on any atom is -0.385 e. The number of amides is 1. The Morgan fingerprint density at radius 1 is 1.65 bits per heavy atom. The second-order valence-corrected chi connectivity index (χ2v) is 5.97. The van der Waals surface area contributed by atoms with Gasteiger partial charge in [0.15, 0.2) is 0 Å². The van der Waals surface area contributed by atoms with Crippen molar-refractivity contribution in [2.24, 2.45) is 0 Å². The summed E-state index contributed by atoms with van der Waals surface area (Å²) >= 11 is 3.41. The predicted octanol–water partition coefficient (Wildman–Crippen LogP) is 2.70. The number of hydrogen-bond donors (Lipinski definition) is 1. The van der Waals surface area contributed by atoms with Crippen LogP contribution in [0, 0.1) is 0 Å². The molecule has 5 heteroatoms. The van der Waals surface area contributed by atoms with Gasteiger partial charge in [-0.3, -0.25) is 4.79 Å². The molecule has 1 aromatic heterocycles. The summed E-state index contributed by atoms with van der Waals surface area (Å²) in [6.45, 7) is 3.52. The SMILES string of the molecule is COCCCNC(=O)CS[C@@H](C)c1cccs1. The lowest BCUT2D eigenvalue weighted by Crippen LogP contribution is -2.27. The Kier molecular flexibility index (Phi) is 7.32. The van der Waals surface area contributed by atoms with Crippen molar-refractivity contribution < 1.29 is 9.53 Å². The van der Waals surface area contributed by atoms with E-state index in [2.05, 4.69) is 23.7 Å². The zero-order valence-electron chi connectivity index (χ0n) is 10.3. The summed E-state index contributed by atoms with van der Waals surface area (Å²) in [5.74, 6) is 0.626. The molecule has 0 unspecified atom stereocenters. The molecule has 1 atom stereocenters. The molecule has 0 aliphatic heterocycles. The first-order valence-corrected chi connectivity index (χ1v) is 7.57. The van der Waals surface area contributed by atoms with E-state index in [1.54, 1.807) is 30.2 Å².